The van der Waals surface area contributed by atoms with Gasteiger partial charge in [0.05, 0.1) is 18.2 Å². The standard InChI is InChI=1S/C14H24N4/c1-4-16-13-6-5-12(9-13)14-10-15-11-18(14)8-7-17(2)3/h5,10-11,13,16H,4,6-9H2,1-3H3. The number of likely N-dealkylation sites (N-methyl/N-ethyl adjacent to an activating group) is 1. The van der Waals surface area contributed by atoms with Gasteiger partial charge in [0.15, 0.2) is 0 Å². The van der Waals surface area contributed by atoms with E-state index in [1.807, 2.05) is 12.5 Å². The van der Waals surface area contributed by atoms with E-state index in [1.165, 1.54) is 11.3 Å². The van der Waals surface area contributed by atoms with Crippen molar-refractivity contribution in [2.24, 2.45) is 0 Å². The smallest absolute Gasteiger partial charge is 0.0951 e. The zero-order valence-corrected chi connectivity index (χ0v) is 11.7. The van der Waals surface area contributed by atoms with Crippen LogP contribution in [0, 0.1) is 0 Å². The highest BCUT2D eigenvalue weighted by Gasteiger charge is 2.19. The van der Waals surface area contributed by atoms with E-state index in [4.69, 9.17) is 0 Å². The van der Waals surface area contributed by atoms with Crippen LogP contribution in [0.25, 0.3) is 5.57 Å². The Morgan fingerprint density at radius 1 is 1.50 bits per heavy atom. The third-order valence-electron chi connectivity index (χ3n) is 3.44. The van der Waals surface area contributed by atoms with Crippen molar-refractivity contribution in [3.05, 3.63) is 24.3 Å². The molecule has 1 aromatic rings. The van der Waals surface area contributed by atoms with Crippen LogP contribution in [0.15, 0.2) is 18.6 Å². The SMILES string of the molecule is CCNC1CC=C(c2cncn2CCN(C)C)C1. The Hall–Kier alpha value is -1.13. The Bertz CT molecular complexity index is 406. The van der Waals surface area contributed by atoms with Gasteiger partial charge >= 0.3 is 0 Å². The van der Waals surface area contributed by atoms with E-state index in [9.17, 15) is 0 Å². The van der Waals surface area contributed by atoms with Crippen LogP contribution in [0.2, 0.25) is 0 Å². The van der Waals surface area contributed by atoms with Gasteiger partial charge in [-0.25, -0.2) is 4.98 Å². The monoisotopic (exact) mass is 248 g/mol. The van der Waals surface area contributed by atoms with Crippen LogP contribution >= 0.6 is 0 Å². The molecule has 1 unspecified atom stereocenters. The van der Waals surface area contributed by atoms with Gasteiger partial charge in [-0.2, -0.15) is 0 Å². The van der Waals surface area contributed by atoms with E-state index in [0.717, 1.165) is 32.5 Å². The average molecular weight is 248 g/mol. The number of aromatic nitrogens is 2. The van der Waals surface area contributed by atoms with Crippen LogP contribution < -0.4 is 5.32 Å². The summed E-state index contributed by atoms with van der Waals surface area (Å²) in [6.07, 6.45) is 8.57. The highest BCUT2D eigenvalue weighted by Crippen LogP contribution is 2.27. The molecule has 0 spiro atoms. The molecule has 1 heterocycles. The molecule has 2 rings (SSSR count). The van der Waals surface area contributed by atoms with Crippen molar-refractivity contribution in [2.45, 2.75) is 32.4 Å². The summed E-state index contributed by atoms with van der Waals surface area (Å²) >= 11 is 0. The third-order valence-corrected chi connectivity index (χ3v) is 3.44. The molecule has 1 N–H and O–H groups in total. The zero-order valence-electron chi connectivity index (χ0n) is 11.7. The van der Waals surface area contributed by atoms with Crippen molar-refractivity contribution in [3.63, 3.8) is 0 Å². The molecule has 0 saturated heterocycles. The summed E-state index contributed by atoms with van der Waals surface area (Å²) in [7, 11) is 4.21. The van der Waals surface area contributed by atoms with E-state index in [2.05, 4.69) is 46.9 Å². The topological polar surface area (TPSA) is 33.1 Å². The molecule has 4 nitrogen and oxygen atoms in total. The Balaban J connectivity index is 1.99. The van der Waals surface area contributed by atoms with Crippen LogP contribution in [0.1, 0.15) is 25.5 Å². The first-order valence-corrected chi connectivity index (χ1v) is 6.78. The second-order valence-electron chi connectivity index (χ2n) is 5.20. The van der Waals surface area contributed by atoms with Crippen molar-refractivity contribution >= 4 is 5.57 Å². The first-order valence-electron chi connectivity index (χ1n) is 6.78. The quantitative estimate of drug-likeness (QED) is 0.830. The molecular weight excluding hydrogens is 224 g/mol. The minimum Gasteiger partial charge on any atom is -0.330 e. The van der Waals surface area contributed by atoms with Gasteiger partial charge in [0, 0.05) is 19.1 Å². The lowest BCUT2D eigenvalue weighted by Gasteiger charge is -2.14. The highest BCUT2D eigenvalue weighted by molar-refractivity contribution is 5.65. The molecular formula is C14H24N4. The minimum atomic E-state index is 0.613. The molecule has 4 heteroatoms. The lowest BCUT2D eigenvalue weighted by Crippen LogP contribution is -2.26. The van der Waals surface area contributed by atoms with Crippen LogP contribution in [0.3, 0.4) is 0 Å². The maximum absolute atomic E-state index is 4.30. The van der Waals surface area contributed by atoms with Gasteiger partial charge < -0.3 is 14.8 Å². The summed E-state index contributed by atoms with van der Waals surface area (Å²) in [6.45, 7) is 5.27. The second kappa shape index (κ2) is 6.16. The Morgan fingerprint density at radius 3 is 3.06 bits per heavy atom. The summed E-state index contributed by atoms with van der Waals surface area (Å²) in [5.41, 5.74) is 2.73. The molecule has 18 heavy (non-hydrogen) atoms. The van der Waals surface area contributed by atoms with E-state index >= 15 is 0 Å². The normalized spacial score (nSPS) is 19.6. The third kappa shape index (κ3) is 3.21. The molecule has 0 fully saturated rings. The van der Waals surface area contributed by atoms with Crippen molar-refractivity contribution in [3.8, 4) is 0 Å². The van der Waals surface area contributed by atoms with Gasteiger partial charge in [-0.1, -0.05) is 13.0 Å². The lowest BCUT2D eigenvalue weighted by molar-refractivity contribution is 0.383. The van der Waals surface area contributed by atoms with Crippen LogP contribution in [-0.2, 0) is 6.54 Å². The van der Waals surface area contributed by atoms with E-state index in [0.29, 0.717) is 6.04 Å². The van der Waals surface area contributed by atoms with Gasteiger partial charge in [0.25, 0.3) is 0 Å². The molecule has 0 amide bonds. The molecule has 0 aliphatic heterocycles. The predicted octanol–water partition coefficient (Wildman–Crippen LogP) is 1.60. The van der Waals surface area contributed by atoms with Gasteiger partial charge in [0.1, 0.15) is 0 Å². The molecule has 0 radical (unpaired) electrons. The first kappa shape index (κ1) is 13.3. The molecule has 1 atom stereocenters. The zero-order chi connectivity index (χ0) is 13.0. The number of nitrogens with one attached hydrogen (secondary N) is 1. The van der Waals surface area contributed by atoms with Crippen LogP contribution in [0.4, 0.5) is 0 Å². The average Bonchev–Trinajstić information content (AvgIpc) is 2.94. The first-order chi connectivity index (χ1) is 8.70. The fourth-order valence-corrected chi connectivity index (χ4v) is 2.44. The van der Waals surface area contributed by atoms with E-state index in [1.54, 1.807) is 0 Å². The van der Waals surface area contributed by atoms with Gasteiger partial charge in [-0.15, -0.1) is 0 Å². The fraction of sp³-hybridized carbons (Fsp3) is 0.643. The van der Waals surface area contributed by atoms with Gasteiger partial charge in [-0.05, 0) is 39.1 Å². The molecule has 0 bridgehead atoms. The summed E-state index contributed by atoms with van der Waals surface area (Å²) in [4.78, 5) is 6.50. The molecule has 1 aliphatic carbocycles. The van der Waals surface area contributed by atoms with Crippen molar-refractivity contribution in [2.75, 3.05) is 27.2 Å². The van der Waals surface area contributed by atoms with Crippen LogP contribution in [0.5, 0.6) is 0 Å². The van der Waals surface area contributed by atoms with E-state index < -0.39 is 0 Å². The number of rotatable bonds is 6. The number of hydrogen-bond donors (Lipinski definition) is 1. The summed E-state index contributed by atoms with van der Waals surface area (Å²) in [5, 5.41) is 3.52. The molecule has 0 aromatic carbocycles. The second-order valence-corrected chi connectivity index (χ2v) is 5.20. The molecule has 0 saturated carbocycles. The molecule has 100 valence electrons. The molecule has 1 aliphatic rings. The largest absolute Gasteiger partial charge is 0.330 e. The van der Waals surface area contributed by atoms with Crippen molar-refractivity contribution in [1.29, 1.82) is 0 Å². The minimum absolute atomic E-state index is 0.613. The number of imidazole rings is 1. The summed E-state index contributed by atoms with van der Waals surface area (Å²) in [5.74, 6) is 0. The predicted molar refractivity (Wildman–Crippen MR) is 75.5 cm³/mol. The Morgan fingerprint density at radius 2 is 2.33 bits per heavy atom. The van der Waals surface area contributed by atoms with Gasteiger partial charge in [-0.3, -0.25) is 0 Å². The summed E-state index contributed by atoms with van der Waals surface area (Å²) < 4.78 is 2.26. The number of nitrogens with zero attached hydrogens (tertiary/aromatic N) is 3. The van der Waals surface area contributed by atoms with Crippen molar-refractivity contribution in [1.82, 2.24) is 19.8 Å². The van der Waals surface area contributed by atoms with E-state index in [-0.39, 0.29) is 0 Å². The maximum atomic E-state index is 4.30. The summed E-state index contributed by atoms with van der Waals surface area (Å²) in [6, 6.07) is 0.613. The fourth-order valence-electron chi connectivity index (χ4n) is 2.44. The highest BCUT2D eigenvalue weighted by atomic mass is 15.1. The van der Waals surface area contributed by atoms with Crippen molar-refractivity contribution < 1.29 is 0 Å². The Labute approximate surface area is 110 Å². The number of hydrogen-bond acceptors (Lipinski definition) is 3. The Kier molecular flexibility index (Phi) is 4.55. The maximum Gasteiger partial charge on any atom is 0.0951 e. The van der Waals surface area contributed by atoms with Crippen LogP contribution in [-0.4, -0.2) is 47.7 Å². The van der Waals surface area contributed by atoms with Gasteiger partial charge in [0.2, 0.25) is 0 Å². The lowest BCUT2D eigenvalue weighted by atomic mass is 10.1. The molecule has 1 aromatic heterocycles.